The Hall–Kier alpha value is -0.940. The molecule has 1 atom stereocenters. The second-order valence-corrected chi connectivity index (χ2v) is 6.94. The lowest BCUT2D eigenvalue weighted by Crippen LogP contribution is -2.37. The van der Waals surface area contributed by atoms with Gasteiger partial charge in [-0.25, -0.2) is 4.67 Å². The van der Waals surface area contributed by atoms with Gasteiger partial charge in [-0.1, -0.05) is 0 Å². The minimum Gasteiger partial charge on any atom is -0.348 e. The first-order valence-electron chi connectivity index (χ1n) is 7.67. The molecule has 0 aromatic heterocycles. The number of nitrogens with one attached hydrogen (secondary N) is 1. The van der Waals surface area contributed by atoms with Gasteiger partial charge in [0, 0.05) is 18.6 Å². The molecule has 0 radical (unpaired) electrons. The summed E-state index contributed by atoms with van der Waals surface area (Å²) in [6.07, 6.45) is -4.42. The lowest BCUT2D eigenvalue weighted by atomic mass is 10.3. The fraction of sp³-hybridized carbons (Fsp3) is 0.857. The fourth-order valence-electron chi connectivity index (χ4n) is 1.83. The van der Waals surface area contributed by atoms with Crippen molar-refractivity contribution in [1.29, 1.82) is 5.26 Å². The summed E-state index contributed by atoms with van der Waals surface area (Å²) in [4.78, 5) is 10.7. The van der Waals surface area contributed by atoms with Gasteiger partial charge in [-0.3, -0.25) is 4.79 Å². The molecule has 24 heavy (non-hydrogen) atoms. The van der Waals surface area contributed by atoms with Crippen LogP contribution in [-0.4, -0.2) is 48.6 Å². The number of alkyl halides is 3. The first-order chi connectivity index (χ1) is 11.1. The van der Waals surface area contributed by atoms with E-state index >= 15 is 0 Å². The minimum absolute atomic E-state index is 0.136. The first kappa shape index (κ1) is 23.1. The number of hydrogen-bond acceptors (Lipinski definition) is 5. The molecule has 140 valence electrons. The molecule has 0 saturated carbocycles. The number of carbonyl (C=O) groups excluding carboxylic acids is 1. The molecule has 0 aliphatic rings. The molecule has 1 unspecified atom stereocenters. The Kier molecular flexibility index (Phi) is 11.1. The molecular weight excluding hydrogens is 346 g/mol. The lowest BCUT2D eigenvalue weighted by Gasteiger charge is -2.35. The maximum atomic E-state index is 12.0. The predicted molar refractivity (Wildman–Crippen MR) is 84.8 cm³/mol. The topological polar surface area (TPSA) is 74.6 Å². The zero-order chi connectivity index (χ0) is 18.8. The quantitative estimate of drug-likeness (QED) is 0.445. The maximum Gasteiger partial charge on any atom is 0.471 e. The number of halogens is 3. The summed E-state index contributed by atoms with van der Waals surface area (Å²) in [7, 11) is -1.42. The van der Waals surface area contributed by atoms with Gasteiger partial charge in [-0.2, -0.15) is 18.4 Å². The van der Waals surface area contributed by atoms with Gasteiger partial charge in [0.25, 0.3) is 8.53 Å². The molecule has 10 heteroatoms. The van der Waals surface area contributed by atoms with Crippen LogP contribution in [-0.2, 0) is 13.8 Å². The van der Waals surface area contributed by atoms with Crippen molar-refractivity contribution in [2.45, 2.75) is 58.8 Å². The second-order valence-electron chi connectivity index (χ2n) is 5.49. The zero-order valence-electron chi connectivity index (χ0n) is 14.4. The van der Waals surface area contributed by atoms with Crippen LogP contribution in [0.5, 0.6) is 0 Å². The molecule has 0 saturated heterocycles. The third kappa shape index (κ3) is 9.38. The summed E-state index contributed by atoms with van der Waals surface area (Å²) in [5, 5.41) is 10.4. The molecule has 0 aliphatic heterocycles. The average Bonchev–Trinajstić information content (AvgIpc) is 2.44. The van der Waals surface area contributed by atoms with Gasteiger partial charge in [0.2, 0.25) is 0 Å². The van der Waals surface area contributed by atoms with Crippen LogP contribution in [0.25, 0.3) is 0 Å². The van der Waals surface area contributed by atoms with Crippen molar-refractivity contribution < 1.29 is 27.0 Å². The molecule has 0 aromatic carbocycles. The molecule has 0 spiro atoms. The number of rotatable bonds is 11. The molecule has 1 N–H and O–H groups in total. The van der Waals surface area contributed by atoms with Crippen LogP contribution in [0.1, 0.15) is 40.5 Å². The van der Waals surface area contributed by atoms with E-state index in [2.05, 4.69) is 0 Å². The van der Waals surface area contributed by atoms with Crippen molar-refractivity contribution in [3.63, 3.8) is 0 Å². The van der Waals surface area contributed by atoms with Gasteiger partial charge in [0.15, 0.2) is 0 Å². The molecule has 1 amide bonds. The smallest absolute Gasteiger partial charge is 0.348 e. The largest absolute Gasteiger partial charge is 0.471 e. The highest BCUT2D eigenvalue weighted by Crippen LogP contribution is 2.45. The Bertz CT molecular complexity index is 406. The Morgan fingerprint density at radius 1 is 1.21 bits per heavy atom. The summed E-state index contributed by atoms with van der Waals surface area (Å²) >= 11 is 0. The standard InChI is InChI=1S/C14H25F3N3O3P/c1-11(2)20(12(3)4)24(22-9-5-7-18)23-10-6-8-19-13(21)14(15,16)17/h11-12H,5-6,8-10H2,1-4H3,(H,19,21). The van der Waals surface area contributed by atoms with Crippen molar-refractivity contribution in [3.8, 4) is 6.07 Å². The van der Waals surface area contributed by atoms with Crippen LogP contribution >= 0.6 is 8.53 Å². The predicted octanol–water partition coefficient (Wildman–Crippen LogP) is 3.35. The highest BCUT2D eigenvalue weighted by Gasteiger charge is 2.38. The SMILES string of the molecule is CC(C)N(C(C)C)P(OCCC#N)OCCCNC(=O)C(F)(F)F. The van der Waals surface area contributed by atoms with E-state index in [4.69, 9.17) is 14.3 Å². The lowest BCUT2D eigenvalue weighted by molar-refractivity contribution is -0.173. The third-order valence-corrected chi connectivity index (χ3v) is 4.84. The van der Waals surface area contributed by atoms with E-state index in [0.29, 0.717) is 0 Å². The number of nitrogens with zero attached hydrogens (tertiary/aromatic N) is 2. The van der Waals surface area contributed by atoms with Crippen molar-refractivity contribution in [1.82, 2.24) is 9.99 Å². The Labute approximate surface area is 142 Å². The highest BCUT2D eigenvalue weighted by molar-refractivity contribution is 7.44. The number of hydrogen-bond donors (Lipinski definition) is 1. The molecular formula is C14H25F3N3O3P. The number of carbonyl (C=O) groups is 1. The van der Waals surface area contributed by atoms with E-state index in [0.717, 1.165) is 0 Å². The van der Waals surface area contributed by atoms with E-state index in [9.17, 15) is 18.0 Å². The summed E-state index contributed by atoms with van der Waals surface area (Å²) in [6.45, 7) is 8.16. The van der Waals surface area contributed by atoms with Crippen LogP contribution in [0.3, 0.4) is 0 Å². The Morgan fingerprint density at radius 3 is 2.21 bits per heavy atom. The average molecular weight is 371 g/mol. The fourth-order valence-corrected chi connectivity index (χ4v) is 3.46. The van der Waals surface area contributed by atoms with Gasteiger partial charge < -0.3 is 14.4 Å². The minimum atomic E-state index is -4.88. The monoisotopic (exact) mass is 371 g/mol. The number of nitriles is 1. The van der Waals surface area contributed by atoms with E-state index < -0.39 is 20.6 Å². The summed E-state index contributed by atoms with van der Waals surface area (Å²) < 4.78 is 49.5. The molecule has 0 aromatic rings. The summed E-state index contributed by atoms with van der Waals surface area (Å²) in [6, 6.07) is 2.26. The number of amides is 1. The van der Waals surface area contributed by atoms with Crippen LogP contribution in [0.2, 0.25) is 0 Å². The maximum absolute atomic E-state index is 12.0. The zero-order valence-corrected chi connectivity index (χ0v) is 15.3. The normalized spacial score (nSPS) is 13.4. The molecule has 0 fully saturated rings. The molecule has 6 nitrogen and oxygen atoms in total. The van der Waals surface area contributed by atoms with Gasteiger partial charge in [-0.15, -0.1) is 0 Å². The van der Waals surface area contributed by atoms with Gasteiger partial charge in [0.05, 0.1) is 25.7 Å². The Balaban J connectivity index is 4.41. The van der Waals surface area contributed by atoms with Crippen molar-refractivity contribution in [2.75, 3.05) is 19.8 Å². The molecule has 0 rings (SSSR count). The van der Waals surface area contributed by atoms with Crippen molar-refractivity contribution in [2.24, 2.45) is 0 Å². The first-order valence-corrected chi connectivity index (χ1v) is 8.80. The van der Waals surface area contributed by atoms with Gasteiger partial charge in [-0.05, 0) is 34.1 Å². The molecule has 0 bridgehead atoms. The summed E-state index contributed by atoms with van der Waals surface area (Å²) in [5.74, 6) is -1.96. The second kappa shape index (κ2) is 11.6. The van der Waals surface area contributed by atoms with E-state index in [1.54, 1.807) is 5.32 Å². The van der Waals surface area contributed by atoms with Crippen molar-refractivity contribution in [3.05, 3.63) is 0 Å². The van der Waals surface area contributed by atoms with Crippen LogP contribution < -0.4 is 5.32 Å². The van der Waals surface area contributed by atoms with Crippen LogP contribution in [0, 0.1) is 11.3 Å². The highest BCUT2D eigenvalue weighted by atomic mass is 31.2. The van der Waals surface area contributed by atoms with Crippen LogP contribution in [0.15, 0.2) is 0 Å². The van der Waals surface area contributed by atoms with E-state index in [1.165, 1.54) is 0 Å². The summed E-state index contributed by atoms with van der Waals surface area (Å²) in [5.41, 5.74) is 0. The van der Waals surface area contributed by atoms with E-state index in [1.807, 2.05) is 38.4 Å². The molecule has 0 aliphatic carbocycles. The van der Waals surface area contributed by atoms with E-state index in [-0.39, 0.29) is 44.7 Å². The molecule has 0 heterocycles. The van der Waals surface area contributed by atoms with Gasteiger partial charge >= 0.3 is 12.1 Å². The van der Waals surface area contributed by atoms with Crippen molar-refractivity contribution >= 4 is 14.4 Å². The van der Waals surface area contributed by atoms with Gasteiger partial charge in [0.1, 0.15) is 0 Å². The van der Waals surface area contributed by atoms with Crippen LogP contribution in [0.4, 0.5) is 13.2 Å². The third-order valence-electron chi connectivity index (χ3n) is 2.73. The Morgan fingerprint density at radius 2 is 1.75 bits per heavy atom.